The molecule has 5 nitrogen and oxygen atoms in total. The van der Waals surface area contributed by atoms with Crippen molar-refractivity contribution in [1.82, 2.24) is 4.90 Å². The van der Waals surface area contributed by atoms with Crippen LogP contribution in [0.4, 0.5) is 10.5 Å². The third-order valence-corrected chi connectivity index (χ3v) is 2.83. The zero-order valence-corrected chi connectivity index (χ0v) is 11.7. The van der Waals surface area contributed by atoms with Gasteiger partial charge in [0, 0.05) is 12.2 Å². The Balaban J connectivity index is 3.04. The number of hydrogen-bond acceptors (Lipinski definition) is 2. The maximum Gasteiger partial charge on any atom is 0.325 e. The number of para-hydroxylation sites is 1. The number of urea groups is 1. The molecule has 0 aromatic heterocycles. The van der Waals surface area contributed by atoms with Gasteiger partial charge in [0.15, 0.2) is 0 Å². The molecule has 0 spiro atoms. The number of aryl methyl sites for hydroxylation is 1. The number of amides is 2. The third kappa shape index (κ3) is 3.75. The van der Waals surface area contributed by atoms with Crippen molar-refractivity contribution in [2.24, 2.45) is 0 Å². The number of aliphatic carboxylic acids is 1. The molecule has 0 atom stereocenters. The molecule has 0 aliphatic carbocycles. The first-order chi connectivity index (χ1) is 9.51. The summed E-state index contributed by atoms with van der Waals surface area (Å²) in [6.45, 7) is 3.72. The Bertz CT molecular complexity index is 534. The van der Waals surface area contributed by atoms with E-state index >= 15 is 0 Å². The van der Waals surface area contributed by atoms with Gasteiger partial charge in [-0.05, 0) is 25.5 Å². The fraction of sp³-hybridized carbons (Fsp3) is 0.333. The Morgan fingerprint density at radius 2 is 2.00 bits per heavy atom. The lowest BCUT2D eigenvalue weighted by Gasteiger charge is -2.28. The van der Waals surface area contributed by atoms with Crippen molar-refractivity contribution in [2.75, 3.05) is 24.5 Å². The van der Waals surface area contributed by atoms with Crippen LogP contribution in [0.25, 0.3) is 0 Å². The van der Waals surface area contributed by atoms with Gasteiger partial charge < -0.3 is 10.0 Å². The van der Waals surface area contributed by atoms with E-state index in [9.17, 15) is 9.59 Å². The van der Waals surface area contributed by atoms with E-state index in [2.05, 4.69) is 5.92 Å². The number of carboxylic acid groups (broad SMARTS) is 1. The molecule has 20 heavy (non-hydrogen) atoms. The minimum Gasteiger partial charge on any atom is -0.480 e. The lowest BCUT2D eigenvalue weighted by atomic mass is 10.2. The van der Waals surface area contributed by atoms with Gasteiger partial charge in [0.05, 0.1) is 6.54 Å². The lowest BCUT2D eigenvalue weighted by Crippen LogP contribution is -2.46. The first-order valence-electron chi connectivity index (χ1n) is 6.28. The fourth-order valence-electron chi connectivity index (χ4n) is 1.91. The molecule has 0 heterocycles. The second-order valence-electron chi connectivity index (χ2n) is 4.27. The summed E-state index contributed by atoms with van der Waals surface area (Å²) < 4.78 is 0. The van der Waals surface area contributed by atoms with Crippen LogP contribution in [-0.4, -0.2) is 41.6 Å². The number of carbonyl (C=O) groups excluding carboxylic acids is 1. The molecule has 0 aliphatic heterocycles. The summed E-state index contributed by atoms with van der Waals surface area (Å²) in [5.41, 5.74) is 1.70. The van der Waals surface area contributed by atoms with E-state index in [-0.39, 0.29) is 6.54 Å². The minimum absolute atomic E-state index is 0.0342. The average molecular weight is 274 g/mol. The molecule has 0 bridgehead atoms. The molecule has 1 aromatic rings. The number of rotatable bonds is 5. The second-order valence-corrected chi connectivity index (χ2v) is 4.27. The largest absolute Gasteiger partial charge is 0.480 e. The predicted octanol–water partition coefficient (Wildman–Crippen LogP) is 1.96. The first kappa shape index (κ1) is 15.6. The van der Waals surface area contributed by atoms with E-state index in [0.717, 1.165) is 16.2 Å². The minimum atomic E-state index is -1.09. The highest BCUT2D eigenvalue weighted by Gasteiger charge is 2.23. The van der Waals surface area contributed by atoms with Crippen LogP contribution in [0.5, 0.6) is 0 Å². The van der Waals surface area contributed by atoms with Crippen molar-refractivity contribution in [3.8, 4) is 12.3 Å². The predicted molar refractivity (Wildman–Crippen MR) is 77.6 cm³/mol. The highest BCUT2D eigenvalue weighted by atomic mass is 16.4. The molecule has 0 saturated carbocycles. The van der Waals surface area contributed by atoms with E-state index in [1.807, 2.05) is 38.1 Å². The van der Waals surface area contributed by atoms with Gasteiger partial charge in [-0.2, -0.15) is 0 Å². The molecule has 0 radical (unpaired) electrons. The van der Waals surface area contributed by atoms with Gasteiger partial charge in [0.1, 0.15) is 6.54 Å². The van der Waals surface area contributed by atoms with Gasteiger partial charge in [-0.3, -0.25) is 9.69 Å². The second kappa shape index (κ2) is 7.19. The molecule has 1 N–H and O–H groups in total. The smallest absolute Gasteiger partial charge is 0.325 e. The van der Waals surface area contributed by atoms with Crippen molar-refractivity contribution in [2.45, 2.75) is 13.8 Å². The summed E-state index contributed by atoms with van der Waals surface area (Å²) >= 11 is 0. The Morgan fingerprint density at radius 1 is 1.35 bits per heavy atom. The molecule has 5 heteroatoms. The Kier molecular flexibility index (Phi) is 5.60. The van der Waals surface area contributed by atoms with Crippen LogP contribution in [-0.2, 0) is 4.79 Å². The van der Waals surface area contributed by atoms with E-state index < -0.39 is 18.5 Å². The van der Waals surface area contributed by atoms with Crippen LogP contribution < -0.4 is 4.90 Å². The lowest BCUT2D eigenvalue weighted by molar-refractivity contribution is -0.137. The molecular weight excluding hydrogens is 256 g/mol. The molecular formula is C15H18N2O3. The van der Waals surface area contributed by atoms with Crippen LogP contribution in [0.1, 0.15) is 12.5 Å². The number of hydrogen-bond donors (Lipinski definition) is 1. The van der Waals surface area contributed by atoms with Gasteiger partial charge in [0.2, 0.25) is 0 Å². The van der Waals surface area contributed by atoms with E-state index in [1.54, 1.807) is 0 Å². The number of terminal acetylenes is 1. The van der Waals surface area contributed by atoms with E-state index in [0.29, 0.717) is 6.54 Å². The topological polar surface area (TPSA) is 60.9 Å². The first-order valence-corrected chi connectivity index (χ1v) is 6.28. The Morgan fingerprint density at radius 3 is 2.50 bits per heavy atom. The molecule has 0 aliphatic rings. The van der Waals surface area contributed by atoms with Crippen molar-refractivity contribution in [3.05, 3.63) is 29.8 Å². The summed E-state index contributed by atoms with van der Waals surface area (Å²) in [5.74, 6) is 1.23. The summed E-state index contributed by atoms with van der Waals surface area (Å²) in [5, 5.41) is 8.86. The maximum absolute atomic E-state index is 12.4. The summed E-state index contributed by atoms with van der Waals surface area (Å²) in [4.78, 5) is 25.9. The zero-order chi connectivity index (χ0) is 15.1. The number of nitrogens with zero attached hydrogens (tertiary/aromatic N) is 2. The molecule has 106 valence electrons. The molecule has 1 rings (SSSR count). The van der Waals surface area contributed by atoms with Crippen LogP contribution >= 0.6 is 0 Å². The standard InChI is InChI=1S/C15H18N2O3/c1-4-10-16(11-14(18)19)15(20)17(5-2)13-9-7-6-8-12(13)3/h1,6-9H,5,10-11H2,2-3H3,(H,18,19). The third-order valence-electron chi connectivity index (χ3n) is 2.83. The van der Waals surface area contributed by atoms with Crippen molar-refractivity contribution in [3.63, 3.8) is 0 Å². The Hall–Kier alpha value is -2.48. The molecule has 0 unspecified atom stereocenters. The van der Waals surface area contributed by atoms with Gasteiger partial charge in [-0.1, -0.05) is 24.1 Å². The van der Waals surface area contributed by atoms with Crippen LogP contribution in [0.15, 0.2) is 24.3 Å². The number of anilines is 1. The summed E-state index contributed by atoms with van der Waals surface area (Å²) in [6.07, 6.45) is 5.20. The maximum atomic E-state index is 12.4. The normalized spacial score (nSPS) is 9.65. The number of carboxylic acids is 1. The van der Waals surface area contributed by atoms with Crippen LogP contribution in [0.2, 0.25) is 0 Å². The zero-order valence-electron chi connectivity index (χ0n) is 11.7. The van der Waals surface area contributed by atoms with E-state index in [4.69, 9.17) is 11.5 Å². The number of benzene rings is 1. The van der Waals surface area contributed by atoms with Crippen molar-refractivity contribution < 1.29 is 14.7 Å². The highest BCUT2D eigenvalue weighted by Crippen LogP contribution is 2.20. The molecule has 1 aromatic carbocycles. The molecule has 0 fully saturated rings. The van der Waals surface area contributed by atoms with Crippen LogP contribution in [0, 0.1) is 19.3 Å². The van der Waals surface area contributed by atoms with E-state index in [1.165, 1.54) is 4.90 Å². The number of carbonyl (C=O) groups is 2. The quantitative estimate of drug-likeness (QED) is 0.835. The van der Waals surface area contributed by atoms with Gasteiger partial charge >= 0.3 is 12.0 Å². The van der Waals surface area contributed by atoms with Crippen LogP contribution in [0.3, 0.4) is 0 Å². The SMILES string of the molecule is C#CCN(CC(=O)O)C(=O)N(CC)c1ccccc1C. The van der Waals surface area contributed by atoms with Gasteiger partial charge in [0.25, 0.3) is 0 Å². The molecule has 2 amide bonds. The van der Waals surface area contributed by atoms with Gasteiger partial charge in [-0.25, -0.2) is 4.79 Å². The summed E-state index contributed by atoms with van der Waals surface area (Å²) in [6, 6.07) is 7.04. The molecule has 0 saturated heterocycles. The fourth-order valence-corrected chi connectivity index (χ4v) is 1.91. The highest BCUT2D eigenvalue weighted by molar-refractivity contribution is 5.94. The Labute approximate surface area is 118 Å². The summed E-state index contributed by atoms with van der Waals surface area (Å²) in [7, 11) is 0. The van der Waals surface area contributed by atoms with Crippen molar-refractivity contribution in [1.29, 1.82) is 0 Å². The van der Waals surface area contributed by atoms with Crippen molar-refractivity contribution >= 4 is 17.7 Å². The van der Waals surface area contributed by atoms with Gasteiger partial charge in [-0.15, -0.1) is 6.42 Å². The monoisotopic (exact) mass is 274 g/mol. The average Bonchev–Trinajstić information content (AvgIpc) is 2.40.